The Balaban J connectivity index is 1.92. The first-order valence-electron chi connectivity index (χ1n) is 8.37. The first-order valence-corrected chi connectivity index (χ1v) is 8.37. The van der Waals surface area contributed by atoms with Gasteiger partial charge in [-0.1, -0.05) is 56.3 Å². The lowest BCUT2D eigenvalue weighted by Gasteiger charge is -2.21. The number of hydrogen-bond donors (Lipinski definition) is 1. The van der Waals surface area contributed by atoms with E-state index in [0.717, 1.165) is 17.4 Å². The smallest absolute Gasteiger partial charge is 0.255 e. The van der Waals surface area contributed by atoms with E-state index in [9.17, 15) is 4.79 Å². The first kappa shape index (κ1) is 16.8. The van der Waals surface area contributed by atoms with Crippen molar-refractivity contribution in [3.8, 4) is 6.07 Å². The fourth-order valence-electron chi connectivity index (χ4n) is 2.97. The molecule has 3 rings (SSSR count). The lowest BCUT2D eigenvalue weighted by molar-refractivity contribution is 0.0932. The van der Waals surface area contributed by atoms with Crippen LogP contribution in [0.3, 0.4) is 0 Å². The van der Waals surface area contributed by atoms with Crippen LogP contribution in [-0.4, -0.2) is 5.91 Å². The van der Waals surface area contributed by atoms with Crippen molar-refractivity contribution in [3.05, 3.63) is 71.5 Å². The molecular weight excluding hydrogens is 312 g/mol. The molecule has 0 spiro atoms. The van der Waals surface area contributed by atoms with E-state index in [4.69, 9.17) is 9.68 Å². The summed E-state index contributed by atoms with van der Waals surface area (Å²) in [5.41, 5.74) is 1.98. The highest BCUT2D eigenvalue weighted by Gasteiger charge is 2.20. The maximum absolute atomic E-state index is 12.9. The predicted molar refractivity (Wildman–Crippen MR) is 97.0 cm³/mol. The van der Waals surface area contributed by atoms with E-state index in [2.05, 4.69) is 19.2 Å². The summed E-state index contributed by atoms with van der Waals surface area (Å²) >= 11 is 0. The zero-order valence-corrected chi connectivity index (χ0v) is 14.3. The summed E-state index contributed by atoms with van der Waals surface area (Å²) in [4.78, 5) is 12.9. The van der Waals surface area contributed by atoms with Gasteiger partial charge in [-0.05, 0) is 24.0 Å². The molecule has 4 nitrogen and oxygen atoms in total. The first-order chi connectivity index (χ1) is 12.1. The second-order valence-corrected chi connectivity index (χ2v) is 6.51. The molecule has 0 saturated heterocycles. The van der Waals surface area contributed by atoms with Crippen molar-refractivity contribution in [1.29, 1.82) is 5.26 Å². The van der Waals surface area contributed by atoms with Crippen LogP contribution >= 0.6 is 0 Å². The molecule has 1 unspecified atom stereocenters. The molecule has 0 radical (unpaired) electrons. The third-order valence-corrected chi connectivity index (χ3v) is 4.11. The van der Waals surface area contributed by atoms with Gasteiger partial charge in [0.25, 0.3) is 5.91 Å². The molecule has 4 heteroatoms. The average molecular weight is 332 g/mol. The van der Waals surface area contributed by atoms with Crippen molar-refractivity contribution < 1.29 is 9.21 Å². The Hall–Kier alpha value is -3.06. The molecule has 25 heavy (non-hydrogen) atoms. The minimum absolute atomic E-state index is 0.0747. The maximum atomic E-state index is 12.9. The van der Waals surface area contributed by atoms with Gasteiger partial charge in [-0.15, -0.1) is 0 Å². The fourth-order valence-corrected chi connectivity index (χ4v) is 2.97. The number of furan rings is 1. The van der Waals surface area contributed by atoms with Crippen molar-refractivity contribution in [3.63, 3.8) is 0 Å². The third-order valence-electron chi connectivity index (χ3n) is 4.11. The lowest BCUT2D eigenvalue weighted by atomic mass is 9.96. The minimum Gasteiger partial charge on any atom is -0.445 e. The van der Waals surface area contributed by atoms with E-state index < -0.39 is 0 Å². The molecular formula is C21H20N2O2. The Bertz CT molecular complexity index is 920. The van der Waals surface area contributed by atoms with E-state index in [0.29, 0.717) is 17.1 Å². The highest BCUT2D eigenvalue weighted by molar-refractivity contribution is 6.05. The molecule has 0 saturated carbocycles. The van der Waals surface area contributed by atoms with Crippen LogP contribution in [-0.2, 0) is 0 Å². The Morgan fingerprint density at radius 1 is 1.16 bits per heavy atom. The van der Waals surface area contributed by atoms with Gasteiger partial charge in [0.05, 0.1) is 11.6 Å². The quantitative estimate of drug-likeness (QED) is 0.728. The van der Waals surface area contributed by atoms with Crippen LogP contribution in [0.2, 0.25) is 0 Å². The van der Waals surface area contributed by atoms with Crippen LogP contribution in [0.5, 0.6) is 0 Å². The van der Waals surface area contributed by atoms with Crippen molar-refractivity contribution >= 4 is 16.9 Å². The summed E-state index contributed by atoms with van der Waals surface area (Å²) in [5.74, 6) is 0.450. The molecule has 0 aliphatic rings. The molecule has 1 N–H and O–H groups in total. The maximum Gasteiger partial charge on any atom is 0.255 e. The zero-order valence-electron chi connectivity index (χ0n) is 14.3. The van der Waals surface area contributed by atoms with Crippen molar-refractivity contribution in [1.82, 2.24) is 5.32 Å². The Kier molecular flexibility index (Phi) is 4.85. The van der Waals surface area contributed by atoms with Crippen molar-refractivity contribution in [2.75, 3.05) is 0 Å². The number of fused-ring (bicyclic) bond motifs is 1. The van der Waals surface area contributed by atoms with Gasteiger partial charge < -0.3 is 9.73 Å². The average Bonchev–Trinajstić information content (AvgIpc) is 3.04. The van der Waals surface area contributed by atoms with Crippen LogP contribution in [0.15, 0.2) is 59.0 Å². The van der Waals surface area contributed by atoms with Crippen LogP contribution < -0.4 is 5.32 Å². The van der Waals surface area contributed by atoms with Gasteiger partial charge in [0.15, 0.2) is 0 Å². The van der Waals surface area contributed by atoms with Crippen LogP contribution in [0.1, 0.15) is 48.0 Å². The summed E-state index contributed by atoms with van der Waals surface area (Å²) in [6, 6.07) is 18.9. The van der Waals surface area contributed by atoms with E-state index in [-0.39, 0.29) is 17.7 Å². The SMILES string of the molecule is CC(C)CC(NC(=O)c1cccc2cc(C#N)oc12)c1ccccc1. The number of benzene rings is 2. The van der Waals surface area contributed by atoms with Gasteiger partial charge in [0, 0.05) is 11.5 Å². The van der Waals surface area contributed by atoms with Gasteiger partial charge in [0.1, 0.15) is 11.7 Å². The van der Waals surface area contributed by atoms with E-state index in [1.807, 2.05) is 42.5 Å². The van der Waals surface area contributed by atoms with E-state index in [1.54, 1.807) is 18.2 Å². The molecule has 0 aliphatic carbocycles. The van der Waals surface area contributed by atoms with E-state index >= 15 is 0 Å². The molecule has 126 valence electrons. The van der Waals surface area contributed by atoms with Gasteiger partial charge in [0.2, 0.25) is 5.76 Å². The number of hydrogen-bond acceptors (Lipinski definition) is 3. The number of nitrogens with one attached hydrogen (secondary N) is 1. The van der Waals surface area contributed by atoms with Crippen LogP contribution in [0.4, 0.5) is 0 Å². The van der Waals surface area contributed by atoms with Crippen LogP contribution in [0.25, 0.3) is 11.0 Å². The summed E-state index contributed by atoms with van der Waals surface area (Å²) < 4.78 is 5.52. The Morgan fingerprint density at radius 3 is 2.60 bits per heavy atom. The summed E-state index contributed by atoms with van der Waals surface area (Å²) in [6.45, 7) is 4.27. The highest BCUT2D eigenvalue weighted by atomic mass is 16.3. The molecule has 1 heterocycles. The van der Waals surface area contributed by atoms with Gasteiger partial charge in [-0.2, -0.15) is 5.26 Å². The number of rotatable bonds is 5. The fraction of sp³-hybridized carbons (Fsp3) is 0.238. The van der Waals surface area contributed by atoms with Crippen molar-refractivity contribution in [2.45, 2.75) is 26.3 Å². The van der Waals surface area contributed by atoms with Gasteiger partial charge in [-0.3, -0.25) is 4.79 Å². The lowest BCUT2D eigenvalue weighted by Crippen LogP contribution is -2.29. The predicted octanol–water partition coefficient (Wildman–Crippen LogP) is 4.82. The Morgan fingerprint density at radius 2 is 1.92 bits per heavy atom. The molecule has 0 fully saturated rings. The normalized spacial score (nSPS) is 12.1. The molecule has 1 amide bonds. The summed E-state index contributed by atoms with van der Waals surface area (Å²) in [6.07, 6.45) is 0.841. The number of nitriles is 1. The number of amides is 1. The molecule has 1 aromatic heterocycles. The Labute approximate surface area is 147 Å². The summed E-state index contributed by atoms with van der Waals surface area (Å²) in [5, 5.41) is 12.9. The van der Waals surface area contributed by atoms with Gasteiger partial charge >= 0.3 is 0 Å². The number of nitrogens with zero attached hydrogens (tertiary/aromatic N) is 1. The summed E-state index contributed by atoms with van der Waals surface area (Å²) in [7, 11) is 0. The third kappa shape index (κ3) is 3.72. The number of para-hydroxylation sites is 1. The van der Waals surface area contributed by atoms with Gasteiger partial charge in [-0.25, -0.2) is 0 Å². The number of carbonyl (C=O) groups excluding carboxylic acids is 1. The topological polar surface area (TPSA) is 66.0 Å². The van der Waals surface area contributed by atoms with Crippen molar-refractivity contribution in [2.24, 2.45) is 5.92 Å². The van der Waals surface area contributed by atoms with Crippen LogP contribution in [0, 0.1) is 17.2 Å². The molecule has 1 atom stereocenters. The van der Waals surface area contributed by atoms with E-state index in [1.165, 1.54) is 0 Å². The monoisotopic (exact) mass is 332 g/mol. The molecule has 0 aliphatic heterocycles. The largest absolute Gasteiger partial charge is 0.445 e. The number of carbonyl (C=O) groups is 1. The molecule has 2 aromatic carbocycles. The molecule has 3 aromatic rings. The second-order valence-electron chi connectivity index (χ2n) is 6.51. The molecule has 0 bridgehead atoms. The minimum atomic E-state index is -0.195. The zero-order chi connectivity index (χ0) is 17.8. The highest BCUT2D eigenvalue weighted by Crippen LogP contribution is 2.25. The second kappa shape index (κ2) is 7.23. The standard InChI is InChI=1S/C21H20N2O2/c1-14(2)11-19(15-7-4-3-5-8-15)23-21(24)18-10-6-9-16-12-17(13-22)25-20(16)18/h3-10,12,14,19H,11H2,1-2H3,(H,23,24).